The SMILES string of the molecule is CC(C(Br)c1cccs1)C(C)(F)F. The first-order valence-electron chi connectivity index (χ1n) is 3.98. The van der Waals surface area contributed by atoms with Gasteiger partial charge in [-0.2, -0.15) is 0 Å². The number of hydrogen-bond donors (Lipinski definition) is 0. The van der Waals surface area contributed by atoms with Crippen molar-refractivity contribution in [2.75, 3.05) is 0 Å². The van der Waals surface area contributed by atoms with E-state index in [2.05, 4.69) is 15.9 Å². The van der Waals surface area contributed by atoms with E-state index in [-0.39, 0.29) is 4.83 Å². The van der Waals surface area contributed by atoms with Crippen LogP contribution in [-0.2, 0) is 0 Å². The van der Waals surface area contributed by atoms with Crippen LogP contribution < -0.4 is 0 Å². The van der Waals surface area contributed by atoms with Crippen LogP contribution in [0.4, 0.5) is 8.78 Å². The molecule has 0 aliphatic rings. The van der Waals surface area contributed by atoms with Gasteiger partial charge in [0, 0.05) is 10.8 Å². The van der Waals surface area contributed by atoms with Crippen LogP contribution in [0.15, 0.2) is 17.5 Å². The Morgan fingerprint density at radius 2 is 2.15 bits per heavy atom. The van der Waals surface area contributed by atoms with Gasteiger partial charge in [0.15, 0.2) is 0 Å². The molecule has 1 aromatic rings. The highest BCUT2D eigenvalue weighted by Gasteiger charge is 2.36. The van der Waals surface area contributed by atoms with Gasteiger partial charge in [0.2, 0.25) is 5.92 Å². The number of thiophene rings is 1. The van der Waals surface area contributed by atoms with E-state index in [9.17, 15) is 8.78 Å². The van der Waals surface area contributed by atoms with Crippen LogP contribution in [-0.4, -0.2) is 5.92 Å². The van der Waals surface area contributed by atoms with Gasteiger partial charge in [0.1, 0.15) is 0 Å². The fourth-order valence-electron chi connectivity index (χ4n) is 0.952. The Kier molecular flexibility index (Phi) is 3.46. The molecular weight excluding hydrogens is 258 g/mol. The van der Waals surface area contributed by atoms with Gasteiger partial charge in [0.05, 0.1) is 4.83 Å². The lowest BCUT2D eigenvalue weighted by molar-refractivity contribution is -0.0321. The van der Waals surface area contributed by atoms with Crippen LogP contribution in [0.5, 0.6) is 0 Å². The topological polar surface area (TPSA) is 0 Å². The van der Waals surface area contributed by atoms with E-state index in [1.54, 1.807) is 6.92 Å². The molecule has 0 radical (unpaired) electrons. The number of rotatable bonds is 3. The third kappa shape index (κ3) is 2.74. The van der Waals surface area contributed by atoms with Crippen molar-refractivity contribution in [3.8, 4) is 0 Å². The van der Waals surface area contributed by atoms with E-state index in [1.165, 1.54) is 11.3 Å². The summed E-state index contributed by atoms with van der Waals surface area (Å²) in [4.78, 5) is 0.696. The van der Waals surface area contributed by atoms with Gasteiger partial charge in [0.25, 0.3) is 0 Å². The maximum atomic E-state index is 12.9. The smallest absolute Gasteiger partial charge is 0.207 e. The van der Waals surface area contributed by atoms with Crippen LogP contribution in [0.3, 0.4) is 0 Å². The Morgan fingerprint density at radius 1 is 1.54 bits per heavy atom. The average molecular weight is 269 g/mol. The lowest BCUT2D eigenvalue weighted by Crippen LogP contribution is -2.24. The van der Waals surface area contributed by atoms with Crippen molar-refractivity contribution in [2.45, 2.75) is 24.6 Å². The van der Waals surface area contributed by atoms with Gasteiger partial charge < -0.3 is 0 Å². The van der Waals surface area contributed by atoms with E-state index >= 15 is 0 Å². The zero-order valence-corrected chi connectivity index (χ0v) is 9.83. The highest BCUT2D eigenvalue weighted by Crippen LogP contribution is 2.41. The molecule has 0 bridgehead atoms. The molecule has 2 atom stereocenters. The summed E-state index contributed by atoms with van der Waals surface area (Å²) in [6.07, 6.45) is 0. The van der Waals surface area contributed by atoms with E-state index < -0.39 is 11.8 Å². The first kappa shape index (κ1) is 11.1. The monoisotopic (exact) mass is 268 g/mol. The summed E-state index contributed by atoms with van der Waals surface area (Å²) in [5, 5.41) is 1.89. The molecule has 0 saturated carbocycles. The lowest BCUT2D eigenvalue weighted by atomic mass is 10.0. The Morgan fingerprint density at radius 3 is 2.54 bits per heavy atom. The average Bonchev–Trinajstić information content (AvgIpc) is 2.51. The molecule has 1 rings (SSSR count). The second kappa shape index (κ2) is 4.05. The standard InChI is InChI=1S/C9H11BrF2S/c1-6(9(2,11)12)8(10)7-4-3-5-13-7/h3-6,8H,1-2H3. The summed E-state index contributed by atoms with van der Waals surface area (Å²) < 4.78 is 25.9. The third-order valence-corrected chi connectivity index (χ3v) is 4.60. The van der Waals surface area contributed by atoms with E-state index in [0.717, 1.165) is 11.8 Å². The predicted octanol–water partition coefficient (Wildman–Crippen LogP) is 4.48. The zero-order valence-electron chi connectivity index (χ0n) is 7.43. The fourth-order valence-corrected chi connectivity index (χ4v) is 2.70. The van der Waals surface area contributed by atoms with Gasteiger partial charge >= 0.3 is 0 Å². The minimum Gasteiger partial charge on any atom is -0.207 e. The van der Waals surface area contributed by atoms with Crippen molar-refractivity contribution in [3.63, 3.8) is 0 Å². The van der Waals surface area contributed by atoms with Crippen molar-refractivity contribution in [2.24, 2.45) is 5.92 Å². The molecule has 0 aromatic carbocycles. The summed E-state index contributed by atoms with van der Waals surface area (Å²) in [5.41, 5.74) is 0. The molecule has 0 nitrogen and oxygen atoms in total. The molecule has 4 heteroatoms. The van der Waals surface area contributed by atoms with Crippen LogP contribution in [0.1, 0.15) is 23.6 Å². The van der Waals surface area contributed by atoms with Crippen LogP contribution >= 0.6 is 27.3 Å². The van der Waals surface area contributed by atoms with Gasteiger partial charge in [-0.25, -0.2) is 8.78 Å². The fraction of sp³-hybridized carbons (Fsp3) is 0.556. The zero-order chi connectivity index (χ0) is 10.1. The van der Waals surface area contributed by atoms with Gasteiger partial charge in [-0.3, -0.25) is 0 Å². The normalized spacial score (nSPS) is 17.0. The summed E-state index contributed by atoms with van der Waals surface area (Å²) in [6.45, 7) is 2.51. The van der Waals surface area contributed by atoms with Crippen molar-refractivity contribution in [1.82, 2.24) is 0 Å². The van der Waals surface area contributed by atoms with Crippen molar-refractivity contribution in [1.29, 1.82) is 0 Å². The molecule has 0 N–H and O–H groups in total. The molecule has 0 spiro atoms. The van der Waals surface area contributed by atoms with E-state index in [1.807, 2.05) is 17.5 Å². The predicted molar refractivity (Wildman–Crippen MR) is 55.8 cm³/mol. The molecule has 13 heavy (non-hydrogen) atoms. The second-order valence-corrected chi connectivity index (χ2v) is 5.13. The summed E-state index contributed by atoms with van der Waals surface area (Å²) >= 11 is 4.79. The Bertz CT molecular complexity index is 253. The third-order valence-electron chi connectivity index (χ3n) is 2.05. The van der Waals surface area contributed by atoms with Crippen LogP contribution in [0.2, 0.25) is 0 Å². The molecule has 74 valence electrons. The second-order valence-electron chi connectivity index (χ2n) is 3.16. The summed E-state index contributed by atoms with van der Waals surface area (Å²) in [7, 11) is 0. The number of halogens is 3. The molecular formula is C9H11BrF2S. The molecule has 1 heterocycles. The molecule has 0 saturated heterocycles. The largest absolute Gasteiger partial charge is 0.249 e. The Balaban J connectivity index is 2.74. The van der Waals surface area contributed by atoms with Gasteiger partial charge in [-0.05, 0) is 18.4 Å². The van der Waals surface area contributed by atoms with E-state index in [4.69, 9.17) is 0 Å². The first-order chi connectivity index (χ1) is 5.93. The Labute approximate surface area is 89.1 Å². The molecule has 0 amide bonds. The highest BCUT2D eigenvalue weighted by molar-refractivity contribution is 9.09. The van der Waals surface area contributed by atoms with Crippen LogP contribution in [0.25, 0.3) is 0 Å². The van der Waals surface area contributed by atoms with Crippen molar-refractivity contribution >= 4 is 27.3 Å². The molecule has 0 fully saturated rings. The van der Waals surface area contributed by atoms with Gasteiger partial charge in [-0.1, -0.05) is 28.9 Å². The summed E-state index contributed by atoms with van der Waals surface area (Å²) in [5.74, 6) is -3.33. The lowest BCUT2D eigenvalue weighted by Gasteiger charge is -2.23. The number of hydrogen-bond acceptors (Lipinski definition) is 1. The first-order valence-corrected chi connectivity index (χ1v) is 5.77. The minimum atomic E-state index is -2.64. The van der Waals surface area contributed by atoms with Gasteiger partial charge in [-0.15, -0.1) is 11.3 Å². The summed E-state index contributed by atoms with van der Waals surface area (Å²) in [6, 6.07) is 3.74. The highest BCUT2D eigenvalue weighted by atomic mass is 79.9. The molecule has 2 unspecified atom stereocenters. The van der Waals surface area contributed by atoms with E-state index in [0.29, 0.717) is 0 Å². The quantitative estimate of drug-likeness (QED) is 0.710. The molecule has 0 aliphatic carbocycles. The maximum Gasteiger partial charge on any atom is 0.249 e. The maximum absolute atomic E-state index is 12.9. The van der Waals surface area contributed by atoms with Crippen LogP contribution in [0, 0.1) is 5.92 Å². The number of alkyl halides is 3. The molecule has 1 aromatic heterocycles. The van der Waals surface area contributed by atoms with Crippen molar-refractivity contribution in [3.05, 3.63) is 22.4 Å². The van der Waals surface area contributed by atoms with Crippen molar-refractivity contribution < 1.29 is 8.78 Å². The minimum absolute atomic E-state index is 0.257. The molecule has 0 aliphatic heterocycles. The Hall–Kier alpha value is 0.0400.